The lowest BCUT2D eigenvalue weighted by Crippen LogP contribution is -2.43. The molecule has 7 nitrogen and oxygen atoms in total. The second-order valence-electron chi connectivity index (χ2n) is 8.01. The first kappa shape index (κ1) is 21.2. The lowest BCUT2D eigenvalue weighted by Gasteiger charge is -2.29. The molecule has 0 spiro atoms. The summed E-state index contributed by atoms with van der Waals surface area (Å²) in [6.45, 7) is 6.45. The average Bonchev–Trinajstić information content (AvgIpc) is 3.06. The molecule has 0 atom stereocenters. The number of aromatic nitrogens is 1. The van der Waals surface area contributed by atoms with E-state index in [0.717, 1.165) is 38.6 Å². The van der Waals surface area contributed by atoms with Gasteiger partial charge >= 0.3 is 6.03 Å². The maximum atomic E-state index is 12.6. The predicted molar refractivity (Wildman–Crippen MR) is 113 cm³/mol. The van der Waals surface area contributed by atoms with E-state index in [4.69, 9.17) is 5.21 Å². The van der Waals surface area contributed by atoms with Crippen molar-refractivity contribution < 1.29 is 14.8 Å². The van der Waals surface area contributed by atoms with Gasteiger partial charge in [0.2, 0.25) is 5.91 Å². The molecule has 2 aromatic rings. The fourth-order valence-electron chi connectivity index (χ4n) is 4.23. The number of hydroxylamine groups is 1. The third kappa shape index (κ3) is 4.90. The van der Waals surface area contributed by atoms with Crippen LogP contribution in [-0.2, 0) is 17.8 Å². The van der Waals surface area contributed by atoms with Crippen LogP contribution in [0.15, 0.2) is 24.3 Å². The molecule has 0 aliphatic carbocycles. The number of fused-ring (bicyclic) bond motifs is 3. The van der Waals surface area contributed by atoms with Gasteiger partial charge in [-0.25, -0.2) is 10.3 Å². The van der Waals surface area contributed by atoms with Crippen LogP contribution in [0.5, 0.6) is 0 Å². The molecule has 0 saturated heterocycles. The summed E-state index contributed by atoms with van der Waals surface area (Å²) in [6.07, 6.45) is 4.70. The monoisotopic (exact) mass is 400 g/mol. The Hall–Kier alpha value is -2.54. The summed E-state index contributed by atoms with van der Waals surface area (Å²) in [7, 11) is 0. The molecule has 0 saturated carbocycles. The lowest BCUT2D eigenvalue weighted by molar-refractivity contribution is -0.129. The van der Waals surface area contributed by atoms with Gasteiger partial charge in [0, 0.05) is 60.7 Å². The number of amides is 3. The van der Waals surface area contributed by atoms with Crippen molar-refractivity contribution in [3.05, 3.63) is 35.5 Å². The molecule has 29 heavy (non-hydrogen) atoms. The highest BCUT2D eigenvalue weighted by molar-refractivity contribution is 5.87. The number of benzene rings is 1. The number of para-hydroxylation sites is 1. The summed E-state index contributed by atoms with van der Waals surface area (Å²) >= 11 is 0. The highest BCUT2D eigenvalue weighted by atomic mass is 16.5. The minimum Gasteiger partial charge on any atom is -0.342 e. The molecular formula is C22H32N4O3. The molecule has 3 amide bonds. The fourth-order valence-corrected chi connectivity index (χ4v) is 4.23. The summed E-state index contributed by atoms with van der Waals surface area (Å²) in [5, 5.41) is 12.7. The van der Waals surface area contributed by atoms with Crippen molar-refractivity contribution in [1.29, 1.82) is 0 Å². The molecule has 0 fully saturated rings. The zero-order valence-corrected chi connectivity index (χ0v) is 17.4. The summed E-state index contributed by atoms with van der Waals surface area (Å²) in [4.78, 5) is 25.5. The maximum Gasteiger partial charge on any atom is 0.317 e. The Morgan fingerprint density at radius 2 is 1.90 bits per heavy atom. The van der Waals surface area contributed by atoms with Gasteiger partial charge in [0.05, 0.1) is 0 Å². The Labute approximate surface area is 172 Å². The SMILES string of the molecule is CC(C)n1c2c(c3ccccc31)CN(C(=O)NCCCCCCC(=O)NO)CC2. The van der Waals surface area contributed by atoms with Gasteiger partial charge in [0.15, 0.2) is 0 Å². The third-order valence-corrected chi connectivity index (χ3v) is 5.63. The molecule has 158 valence electrons. The number of carbonyl (C=O) groups excluding carboxylic acids is 2. The number of unbranched alkanes of at least 4 members (excludes halogenated alkanes) is 3. The van der Waals surface area contributed by atoms with E-state index in [9.17, 15) is 9.59 Å². The number of urea groups is 1. The van der Waals surface area contributed by atoms with Crippen molar-refractivity contribution in [2.75, 3.05) is 13.1 Å². The molecule has 7 heteroatoms. The van der Waals surface area contributed by atoms with Crippen LogP contribution in [-0.4, -0.2) is 39.7 Å². The number of rotatable bonds is 8. The summed E-state index contributed by atoms with van der Waals surface area (Å²) in [5.41, 5.74) is 5.53. The van der Waals surface area contributed by atoms with Crippen LogP contribution >= 0.6 is 0 Å². The van der Waals surface area contributed by atoms with Gasteiger partial charge in [-0.15, -0.1) is 0 Å². The average molecular weight is 401 g/mol. The standard InChI is InChI=1S/C22H32N4O3/c1-16(2)26-19-10-7-6-9-17(19)18-15-25(14-12-20(18)26)22(28)23-13-8-4-3-5-11-21(27)24-29/h6-7,9-10,16,29H,3-5,8,11-15H2,1-2H3,(H,23,28)(H,24,27). The van der Waals surface area contributed by atoms with Crippen LogP contribution in [0.25, 0.3) is 10.9 Å². The summed E-state index contributed by atoms with van der Waals surface area (Å²) in [5.74, 6) is -0.346. The number of nitrogens with zero attached hydrogens (tertiary/aromatic N) is 2. The Bertz CT molecular complexity index is 859. The van der Waals surface area contributed by atoms with E-state index >= 15 is 0 Å². The molecule has 3 rings (SSSR count). The van der Waals surface area contributed by atoms with Gasteiger partial charge in [-0.1, -0.05) is 31.0 Å². The highest BCUT2D eigenvalue weighted by Gasteiger charge is 2.26. The summed E-state index contributed by atoms with van der Waals surface area (Å²) in [6, 6.07) is 8.86. The molecule has 2 heterocycles. The van der Waals surface area contributed by atoms with Gasteiger partial charge in [-0.2, -0.15) is 0 Å². The van der Waals surface area contributed by atoms with Crippen molar-refractivity contribution in [1.82, 2.24) is 20.3 Å². The smallest absolute Gasteiger partial charge is 0.317 e. The molecule has 0 bridgehead atoms. The van der Waals surface area contributed by atoms with Crippen LogP contribution in [0.4, 0.5) is 4.79 Å². The van der Waals surface area contributed by atoms with E-state index in [-0.39, 0.29) is 11.9 Å². The first-order valence-corrected chi connectivity index (χ1v) is 10.6. The molecule has 1 aromatic carbocycles. The number of hydrogen-bond donors (Lipinski definition) is 3. The van der Waals surface area contributed by atoms with Crippen LogP contribution in [0.3, 0.4) is 0 Å². The van der Waals surface area contributed by atoms with Crippen LogP contribution < -0.4 is 10.8 Å². The third-order valence-electron chi connectivity index (χ3n) is 5.63. The van der Waals surface area contributed by atoms with E-state index in [1.54, 1.807) is 5.48 Å². The number of nitrogens with one attached hydrogen (secondary N) is 2. The van der Waals surface area contributed by atoms with Gasteiger partial charge in [-0.3, -0.25) is 10.0 Å². The van der Waals surface area contributed by atoms with Crippen molar-refractivity contribution in [3.63, 3.8) is 0 Å². The van der Waals surface area contributed by atoms with E-state index in [0.29, 0.717) is 25.6 Å². The van der Waals surface area contributed by atoms with Crippen molar-refractivity contribution >= 4 is 22.8 Å². The fraction of sp³-hybridized carbons (Fsp3) is 0.545. The topological polar surface area (TPSA) is 86.6 Å². The zero-order valence-electron chi connectivity index (χ0n) is 17.4. The van der Waals surface area contributed by atoms with Crippen molar-refractivity contribution in [2.24, 2.45) is 0 Å². The van der Waals surface area contributed by atoms with E-state index in [1.807, 2.05) is 4.90 Å². The van der Waals surface area contributed by atoms with Gasteiger partial charge < -0.3 is 14.8 Å². The second kappa shape index (κ2) is 9.78. The van der Waals surface area contributed by atoms with Crippen molar-refractivity contribution in [2.45, 2.75) is 65.0 Å². The minimum absolute atomic E-state index is 0.00307. The van der Waals surface area contributed by atoms with E-state index in [2.05, 4.69) is 48.0 Å². The van der Waals surface area contributed by atoms with Crippen molar-refractivity contribution in [3.8, 4) is 0 Å². The largest absolute Gasteiger partial charge is 0.342 e. The zero-order chi connectivity index (χ0) is 20.8. The van der Waals surface area contributed by atoms with Crippen LogP contribution in [0.1, 0.15) is 63.3 Å². The first-order valence-electron chi connectivity index (χ1n) is 10.6. The minimum atomic E-state index is -0.346. The molecule has 0 unspecified atom stereocenters. The summed E-state index contributed by atoms with van der Waals surface area (Å²) < 4.78 is 2.41. The van der Waals surface area contributed by atoms with E-state index in [1.165, 1.54) is 22.2 Å². The van der Waals surface area contributed by atoms with Gasteiger partial charge in [0.1, 0.15) is 0 Å². The van der Waals surface area contributed by atoms with E-state index < -0.39 is 0 Å². The highest BCUT2D eigenvalue weighted by Crippen LogP contribution is 2.33. The molecular weight excluding hydrogens is 368 g/mol. The quantitative estimate of drug-likeness (QED) is 0.358. The number of hydrogen-bond acceptors (Lipinski definition) is 3. The molecule has 1 aromatic heterocycles. The second-order valence-corrected chi connectivity index (χ2v) is 8.01. The Kier molecular flexibility index (Phi) is 7.14. The molecule has 1 aliphatic rings. The maximum absolute atomic E-state index is 12.6. The van der Waals surface area contributed by atoms with Gasteiger partial charge in [0.25, 0.3) is 0 Å². The Morgan fingerprint density at radius 1 is 1.14 bits per heavy atom. The Balaban J connectivity index is 1.51. The van der Waals surface area contributed by atoms with Gasteiger partial charge in [-0.05, 0) is 32.8 Å². The van der Waals surface area contributed by atoms with Crippen LogP contribution in [0, 0.1) is 0 Å². The Morgan fingerprint density at radius 3 is 2.66 bits per heavy atom. The predicted octanol–water partition coefficient (Wildman–Crippen LogP) is 3.75. The molecule has 3 N–H and O–H groups in total. The normalized spacial score (nSPS) is 13.6. The number of carbonyl (C=O) groups is 2. The first-order chi connectivity index (χ1) is 14.0. The lowest BCUT2D eigenvalue weighted by atomic mass is 10.0. The van der Waals surface area contributed by atoms with Crippen LogP contribution in [0.2, 0.25) is 0 Å². The molecule has 1 aliphatic heterocycles. The molecule has 0 radical (unpaired) electrons.